The Kier molecular flexibility index (Phi) is 22.4. The van der Waals surface area contributed by atoms with E-state index in [-0.39, 0.29) is 8.80 Å². The van der Waals surface area contributed by atoms with E-state index in [9.17, 15) is 0 Å². The van der Waals surface area contributed by atoms with Crippen LogP contribution in [0, 0.1) is 0 Å². The van der Waals surface area contributed by atoms with E-state index in [1.807, 2.05) is 0 Å². The highest BCUT2D eigenvalue weighted by Crippen LogP contribution is 2.13. The van der Waals surface area contributed by atoms with Gasteiger partial charge in [-0.1, -0.05) is 122 Å². The minimum Gasteiger partial charge on any atom is -0.381 e. The van der Waals surface area contributed by atoms with Crippen LogP contribution in [0.15, 0.2) is 0 Å². The zero-order valence-corrected chi connectivity index (χ0v) is 19.3. The third-order valence-corrected chi connectivity index (χ3v) is 6.78. The molecule has 0 aliphatic heterocycles. The van der Waals surface area contributed by atoms with Crippen LogP contribution < -0.4 is 0 Å². The summed E-state index contributed by atoms with van der Waals surface area (Å²) < 4.78 is 5.73. The molecule has 0 saturated heterocycles. The van der Waals surface area contributed by atoms with Gasteiger partial charge < -0.3 is 4.74 Å². The molecule has 0 aromatic rings. The van der Waals surface area contributed by atoms with E-state index >= 15 is 0 Å². The summed E-state index contributed by atoms with van der Waals surface area (Å²) in [4.78, 5) is 0. The fourth-order valence-corrected chi connectivity index (χ4v) is 4.43. The van der Waals surface area contributed by atoms with Crippen molar-refractivity contribution in [2.24, 2.45) is 0 Å². The molecular formula is C23H50OSi. The molecule has 0 bridgehead atoms. The molecule has 0 spiro atoms. The third-order valence-electron chi connectivity index (χ3n) is 5.21. The second-order valence-corrected chi connectivity index (χ2v) is 11.8. The SMILES string of the molecule is CCCCCCCCCCCCCCCCCCOCCC[SiH](C)C. The molecule has 0 unspecified atom stereocenters. The first kappa shape index (κ1) is 25.2. The molecule has 0 amide bonds. The van der Waals surface area contributed by atoms with Gasteiger partial charge in [0.2, 0.25) is 0 Å². The average molecular weight is 371 g/mol. The summed E-state index contributed by atoms with van der Waals surface area (Å²) in [6, 6.07) is 1.44. The third kappa shape index (κ3) is 24.2. The van der Waals surface area contributed by atoms with Gasteiger partial charge in [0.15, 0.2) is 0 Å². The topological polar surface area (TPSA) is 9.23 Å². The predicted octanol–water partition coefficient (Wildman–Crippen LogP) is 8.14. The number of hydrogen-bond acceptors (Lipinski definition) is 1. The predicted molar refractivity (Wildman–Crippen MR) is 119 cm³/mol. The van der Waals surface area contributed by atoms with Crippen LogP contribution in [0.5, 0.6) is 0 Å². The van der Waals surface area contributed by atoms with E-state index in [4.69, 9.17) is 4.74 Å². The highest BCUT2D eigenvalue weighted by Gasteiger charge is 1.97. The lowest BCUT2D eigenvalue weighted by Gasteiger charge is -2.06. The Hall–Kier alpha value is 0.177. The van der Waals surface area contributed by atoms with Gasteiger partial charge >= 0.3 is 0 Å². The van der Waals surface area contributed by atoms with Crippen LogP contribution in [0.1, 0.15) is 116 Å². The van der Waals surface area contributed by atoms with Crippen molar-refractivity contribution in [1.82, 2.24) is 0 Å². The summed E-state index contributed by atoms with van der Waals surface area (Å²) in [5.74, 6) is 0. The van der Waals surface area contributed by atoms with Crippen molar-refractivity contribution < 1.29 is 4.74 Å². The van der Waals surface area contributed by atoms with Gasteiger partial charge in [-0.3, -0.25) is 0 Å². The van der Waals surface area contributed by atoms with Gasteiger partial charge in [-0.05, 0) is 12.8 Å². The van der Waals surface area contributed by atoms with E-state index in [0.29, 0.717) is 0 Å². The van der Waals surface area contributed by atoms with Gasteiger partial charge in [-0.15, -0.1) is 0 Å². The lowest BCUT2D eigenvalue weighted by molar-refractivity contribution is 0.130. The summed E-state index contributed by atoms with van der Waals surface area (Å²) in [6.45, 7) is 9.15. The van der Waals surface area contributed by atoms with Gasteiger partial charge in [0.1, 0.15) is 0 Å². The standard InChI is InChI=1S/C23H50OSi/c1-4-5-6-7-8-9-10-11-12-13-14-15-16-17-18-19-21-24-22-20-23-25(2)3/h25H,4-23H2,1-3H3. The van der Waals surface area contributed by atoms with Crippen molar-refractivity contribution in [3.05, 3.63) is 0 Å². The molecule has 0 aliphatic rings. The van der Waals surface area contributed by atoms with Crippen LogP contribution in [0.2, 0.25) is 19.1 Å². The van der Waals surface area contributed by atoms with Crippen LogP contribution in [-0.4, -0.2) is 22.0 Å². The van der Waals surface area contributed by atoms with Crippen molar-refractivity contribution in [1.29, 1.82) is 0 Å². The van der Waals surface area contributed by atoms with Crippen molar-refractivity contribution >= 4 is 8.80 Å². The molecule has 0 radical (unpaired) electrons. The van der Waals surface area contributed by atoms with Crippen LogP contribution in [0.3, 0.4) is 0 Å². The fourth-order valence-electron chi connectivity index (χ4n) is 3.45. The fraction of sp³-hybridized carbons (Fsp3) is 1.00. The van der Waals surface area contributed by atoms with Crippen molar-refractivity contribution in [2.45, 2.75) is 135 Å². The molecule has 0 aromatic carbocycles. The summed E-state index contributed by atoms with van der Waals surface area (Å²) >= 11 is 0. The van der Waals surface area contributed by atoms with Gasteiger partial charge in [-0.25, -0.2) is 0 Å². The second kappa shape index (κ2) is 22.2. The first-order valence-electron chi connectivity index (χ1n) is 11.8. The molecule has 0 aliphatic carbocycles. The van der Waals surface area contributed by atoms with Crippen LogP contribution in [0.4, 0.5) is 0 Å². The largest absolute Gasteiger partial charge is 0.381 e. The normalized spacial score (nSPS) is 11.5. The lowest BCUT2D eigenvalue weighted by atomic mass is 10.0. The van der Waals surface area contributed by atoms with Gasteiger partial charge in [0.25, 0.3) is 0 Å². The van der Waals surface area contributed by atoms with E-state index in [0.717, 1.165) is 13.2 Å². The Bertz CT molecular complexity index is 230. The molecule has 0 atom stereocenters. The Morgan fingerprint density at radius 1 is 0.480 bits per heavy atom. The lowest BCUT2D eigenvalue weighted by Crippen LogP contribution is -2.03. The summed E-state index contributed by atoms with van der Waals surface area (Å²) in [5.41, 5.74) is 0. The molecule has 0 saturated carbocycles. The first-order chi connectivity index (χ1) is 12.3. The molecule has 0 fully saturated rings. The van der Waals surface area contributed by atoms with Gasteiger partial charge in [0, 0.05) is 22.0 Å². The molecule has 0 N–H and O–H groups in total. The molecule has 0 aromatic heterocycles. The zero-order valence-electron chi connectivity index (χ0n) is 18.1. The molecule has 2 heteroatoms. The molecule has 152 valence electrons. The number of hydrogen-bond donors (Lipinski definition) is 0. The minimum absolute atomic E-state index is 0.349. The summed E-state index contributed by atoms with van der Waals surface area (Å²) in [6.07, 6.45) is 24.3. The Morgan fingerprint density at radius 3 is 1.24 bits per heavy atom. The smallest absolute Gasteiger partial charge is 0.0466 e. The molecule has 1 nitrogen and oxygen atoms in total. The van der Waals surface area contributed by atoms with Crippen molar-refractivity contribution in [3.8, 4) is 0 Å². The van der Waals surface area contributed by atoms with Gasteiger partial charge in [0.05, 0.1) is 0 Å². The maximum atomic E-state index is 5.73. The quantitative estimate of drug-likeness (QED) is 0.146. The highest BCUT2D eigenvalue weighted by atomic mass is 28.3. The molecule has 0 rings (SSSR count). The van der Waals surface area contributed by atoms with E-state index in [2.05, 4.69) is 20.0 Å². The van der Waals surface area contributed by atoms with Crippen LogP contribution in [0.25, 0.3) is 0 Å². The van der Waals surface area contributed by atoms with Crippen LogP contribution >= 0.6 is 0 Å². The Labute approximate surface area is 162 Å². The summed E-state index contributed by atoms with van der Waals surface area (Å²) in [5, 5.41) is 0. The van der Waals surface area contributed by atoms with Crippen LogP contribution in [-0.2, 0) is 4.74 Å². The average Bonchev–Trinajstić information content (AvgIpc) is 2.60. The Balaban J connectivity index is 2.96. The number of ether oxygens (including phenoxy) is 1. The zero-order chi connectivity index (χ0) is 18.4. The monoisotopic (exact) mass is 370 g/mol. The minimum atomic E-state index is -0.349. The van der Waals surface area contributed by atoms with E-state index < -0.39 is 0 Å². The van der Waals surface area contributed by atoms with E-state index in [1.165, 1.54) is 115 Å². The first-order valence-corrected chi connectivity index (χ1v) is 15.0. The summed E-state index contributed by atoms with van der Waals surface area (Å²) in [7, 11) is -0.349. The van der Waals surface area contributed by atoms with Crippen molar-refractivity contribution in [2.75, 3.05) is 13.2 Å². The highest BCUT2D eigenvalue weighted by molar-refractivity contribution is 6.55. The molecule has 25 heavy (non-hydrogen) atoms. The molecule has 0 heterocycles. The Morgan fingerprint density at radius 2 is 0.840 bits per heavy atom. The maximum Gasteiger partial charge on any atom is 0.0466 e. The number of rotatable bonds is 21. The van der Waals surface area contributed by atoms with Crippen molar-refractivity contribution in [3.63, 3.8) is 0 Å². The van der Waals surface area contributed by atoms with Gasteiger partial charge in [-0.2, -0.15) is 0 Å². The second-order valence-electron chi connectivity index (χ2n) is 8.45. The number of unbranched alkanes of at least 4 members (excludes halogenated alkanes) is 15. The molecular weight excluding hydrogens is 320 g/mol. The van der Waals surface area contributed by atoms with E-state index in [1.54, 1.807) is 0 Å². The maximum absolute atomic E-state index is 5.73.